The second-order valence-electron chi connectivity index (χ2n) is 5.02. The van der Waals surface area contributed by atoms with Crippen molar-refractivity contribution < 1.29 is 19.4 Å². The van der Waals surface area contributed by atoms with Crippen LogP contribution in [-0.4, -0.2) is 25.2 Å². The molecule has 134 valence electrons. The van der Waals surface area contributed by atoms with Crippen LogP contribution < -0.4 is 14.8 Å². The van der Waals surface area contributed by atoms with Gasteiger partial charge in [-0.3, -0.25) is 4.79 Å². The second-order valence-corrected chi connectivity index (χ2v) is 6.31. The first kappa shape index (κ1) is 19.6. The highest BCUT2D eigenvalue weighted by atomic mass is 79.9. The maximum absolute atomic E-state index is 12.4. The first-order valence-electron chi connectivity index (χ1n) is 7.22. The van der Waals surface area contributed by atoms with E-state index in [1.54, 1.807) is 18.2 Å². The van der Waals surface area contributed by atoms with E-state index in [2.05, 4.69) is 21.2 Å². The van der Waals surface area contributed by atoms with Crippen molar-refractivity contribution in [2.45, 2.75) is 0 Å². The summed E-state index contributed by atoms with van der Waals surface area (Å²) in [6.45, 7) is 0. The minimum Gasteiger partial charge on any atom is -0.503 e. The van der Waals surface area contributed by atoms with Gasteiger partial charge in [0.25, 0.3) is 5.91 Å². The van der Waals surface area contributed by atoms with Gasteiger partial charge in [0.15, 0.2) is 11.5 Å². The van der Waals surface area contributed by atoms with Crippen LogP contribution >= 0.6 is 27.5 Å². The number of halogens is 2. The molecule has 0 saturated carbocycles. The van der Waals surface area contributed by atoms with Gasteiger partial charge in [-0.1, -0.05) is 11.6 Å². The van der Waals surface area contributed by atoms with Crippen LogP contribution in [0.3, 0.4) is 0 Å². The number of aromatic hydroxyl groups is 1. The number of amides is 1. The molecule has 26 heavy (non-hydrogen) atoms. The lowest BCUT2D eigenvalue weighted by atomic mass is 10.1. The van der Waals surface area contributed by atoms with E-state index >= 15 is 0 Å². The van der Waals surface area contributed by atoms with E-state index in [-0.39, 0.29) is 17.1 Å². The molecule has 0 aliphatic carbocycles. The van der Waals surface area contributed by atoms with Crippen LogP contribution in [0.1, 0.15) is 5.56 Å². The van der Waals surface area contributed by atoms with Crippen LogP contribution in [0.2, 0.25) is 5.02 Å². The Morgan fingerprint density at radius 2 is 1.96 bits per heavy atom. The second kappa shape index (κ2) is 8.61. The number of anilines is 1. The van der Waals surface area contributed by atoms with Crippen molar-refractivity contribution in [3.05, 3.63) is 51.0 Å². The Bertz CT molecular complexity index is 922. The molecule has 2 rings (SSSR count). The number of hydrogen-bond donors (Lipinski definition) is 2. The Hall–Kier alpha value is -2.69. The summed E-state index contributed by atoms with van der Waals surface area (Å²) in [5.74, 6) is -0.0820. The van der Waals surface area contributed by atoms with E-state index in [1.165, 1.54) is 32.4 Å². The Kier molecular flexibility index (Phi) is 6.50. The predicted molar refractivity (Wildman–Crippen MR) is 103 cm³/mol. The first-order valence-corrected chi connectivity index (χ1v) is 8.40. The van der Waals surface area contributed by atoms with Crippen LogP contribution in [0.5, 0.6) is 17.2 Å². The average Bonchev–Trinajstić information content (AvgIpc) is 2.62. The predicted octanol–water partition coefficient (Wildman–Crippen LogP) is 4.37. The third-order valence-electron chi connectivity index (χ3n) is 3.36. The lowest BCUT2D eigenvalue weighted by Crippen LogP contribution is -2.14. The molecule has 0 aliphatic heterocycles. The van der Waals surface area contributed by atoms with E-state index in [4.69, 9.17) is 21.1 Å². The van der Waals surface area contributed by atoms with Crippen molar-refractivity contribution in [3.63, 3.8) is 0 Å². The van der Waals surface area contributed by atoms with Gasteiger partial charge in [-0.15, -0.1) is 0 Å². The quantitative estimate of drug-likeness (QED) is 0.535. The number of phenols is 1. The van der Waals surface area contributed by atoms with Gasteiger partial charge in [-0.2, -0.15) is 5.26 Å². The molecule has 0 aliphatic rings. The fourth-order valence-electron chi connectivity index (χ4n) is 2.12. The summed E-state index contributed by atoms with van der Waals surface area (Å²) in [4.78, 5) is 12.4. The monoisotopic (exact) mass is 436 g/mol. The summed E-state index contributed by atoms with van der Waals surface area (Å²) in [7, 11) is 2.86. The number of carbonyl (C=O) groups is 1. The van der Waals surface area contributed by atoms with Crippen molar-refractivity contribution >= 4 is 45.2 Å². The van der Waals surface area contributed by atoms with Crippen LogP contribution in [0.25, 0.3) is 6.08 Å². The normalized spacial score (nSPS) is 10.8. The van der Waals surface area contributed by atoms with Gasteiger partial charge in [0, 0.05) is 5.02 Å². The van der Waals surface area contributed by atoms with Crippen LogP contribution in [0, 0.1) is 11.3 Å². The molecule has 0 unspecified atom stereocenters. The highest BCUT2D eigenvalue weighted by molar-refractivity contribution is 9.10. The Morgan fingerprint density at radius 3 is 2.58 bits per heavy atom. The summed E-state index contributed by atoms with van der Waals surface area (Å²) in [5.41, 5.74) is 0.693. The topological polar surface area (TPSA) is 91.6 Å². The Morgan fingerprint density at radius 1 is 1.27 bits per heavy atom. The summed E-state index contributed by atoms with van der Waals surface area (Å²) < 4.78 is 10.6. The zero-order chi connectivity index (χ0) is 19.3. The van der Waals surface area contributed by atoms with Gasteiger partial charge < -0.3 is 19.9 Å². The Labute approximate surface area is 163 Å². The number of carbonyl (C=O) groups excluding carboxylic acids is 1. The molecule has 8 heteroatoms. The van der Waals surface area contributed by atoms with E-state index in [0.717, 1.165) is 0 Å². The van der Waals surface area contributed by atoms with Crippen molar-refractivity contribution in [1.29, 1.82) is 5.26 Å². The smallest absolute Gasteiger partial charge is 0.266 e. The van der Waals surface area contributed by atoms with Crippen LogP contribution in [0.4, 0.5) is 5.69 Å². The molecule has 1 amide bonds. The molecule has 0 aromatic heterocycles. The van der Waals surface area contributed by atoms with Gasteiger partial charge in [-0.05, 0) is 57.9 Å². The number of nitrogens with one attached hydrogen (secondary N) is 1. The van der Waals surface area contributed by atoms with Gasteiger partial charge in [0.1, 0.15) is 17.4 Å². The number of benzene rings is 2. The van der Waals surface area contributed by atoms with E-state index in [9.17, 15) is 15.2 Å². The molecule has 0 atom stereocenters. The third-order valence-corrected chi connectivity index (χ3v) is 4.20. The van der Waals surface area contributed by atoms with Gasteiger partial charge in [-0.25, -0.2) is 0 Å². The number of rotatable bonds is 5. The fourth-order valence-corrected chi connectivity index (χ4v) is 2.75. The van der Waals surface area contributed by atoms with Gasteiger partial charge >= 0.3 is 0 Å². The van der Waals surface area contributed by atoms with Crippen LogP contribution in [-0.2, 0) is 4.79 Å². The zero-order valence-corrected chi connectivity index (χ0v) is 16.2. The van der Waals surface area contributed by atoms with Gasteiger partial charge in [0.2, 0.25) is 0 Å². The molecule has 2 N–H and O–H groups in total. The standard InChI is InChI=1S/C18H14BrClN2O4/c1-25-15-4-3-12(20)8-14(15)22-18(24)11(9-21)5-10-6-13(19)17(23)16(7-10)26-2/h3-8,23H,1-2H3,(H,22,24)/b11-5+. The van der Waals surface area contributed by atoms with Crippen LogP contribution in [0.15, 0.2) is 40.4 Å². The molecule has 0 spiro atoms. The number of hydrogen-bond acceptors (Lipinski definition) is 5. The SMILES string of the molecule is COc1ccc(Cl)cc1NC(=O)/C(C#N)=C/c1cc(Br)c(O)c(OC)c1. The molecule has 0 radical (unpaired) electrons. The molecular formula is C18H14BrClN2O4. The first-order chi connectivity index (χ1) is 12.4. The average molecular weight is 438 g/mol. The number of phenolic OH excluding ortho intramolecular Hbond substituents is 1. The summed E-state index contributed by atoms with van der Waals surface area (Å²) in [5, 5.41) is 22.2. The zero-order valence-electron chi connectivity index (χ0n) is 13.8. The number of ether oxygens (including phenoxy) is 2. The number of nitriles is 1. The summed E-state index contributed by atoms with van der Waals surface area (Å²) in [6, 6.07) is 9.66. The van der Waals surface area contributed by atoms with E-state index in [1.807, 2.05) is 6.07 Å². The molecule has 0 heterocycles. The molecule has 2 aromatic carbocycles. The maximum Gasteiger partial charge on any atom is 0.266 e. The molecule has 0 saturated heterocycles. The number of nitrogens with zero attached hydrogens (tertiary/aromatic N) is 1. The van der Waals surface area contributed by atoms with Crippen molar-refractivity contribution in [1.82, 2.24) is 0 Å². The lowest BCUT2D eigenvalue weighted by molar-refractivity contribution is -0.112. The minimum absolute atomic E-state index is 0.0729. The van der Waals surface area contributed by atoms with E-state index in [0.29, 0.717) is 26.5 Å². The van der Waals surface area contributed by atoms with Gasteiger partial charge in [0.05, 0.1) is 24.4 Å². The fraction of sp³-hybridized carbons (Fsp3) is 0.111. The summed E-state index contributed by atoms with van der Waals surface area (Å²) in [6.07, 6.45) is 1.37. The van der Waals surface area contributed by atoms with Crippen molar-refractivity contribution in [2.24, 2.45) is 0 Å². The third kappa shape index (κ3) is 4.48. The molecular weight excluding hydrogens is 424 g/mol. The molecule has 0 bridgehead atoms. The highest BCUT2D eigenvalue weighted by Gasteiger charge is 2.14. The number of methoxy groups -OCH3 is 2. The Balaban J connectivity index is 2.35. The van der Waals surface area contributed by atoms with Crippen molar-refractivity contribution in [2.75, 3.05) is 19.5 Å². The minimum atomic E-state index is -0.628. The van der Waals surface area contributed by atoms with Crippen molar-refractivity contribution in [3.8, 4) is 23.3 Å². The largest absolute Gasteiger partial charge is 0.503 e. The molecule has 6 nitrogen and oxygen atoms in total. The summed E-state index contributed by atoms with van der Waals surface area (Å²) >= 11 is 9.13. The molecule has 0 fully saturated rings. The highest BCUT2D eigenvalue weighted by Crippen LogP contribution is 2.36. The van der Waals surface area contributed by atoms with E-state index < -0.39 is 5.91 Å². The maximum atomic E-state index is 12.4. The lowest BCUT2D eigenvalue weighted by Gasteiger charge is -2.10. The molecule has 2 aromatic rings.